The van der Waals surface area contributed by atoms with Crippen LogP contribution >= 0.6 is 23.2 Å². The lowest BCUT2D eigenvalue weighted by Crippen LogP contribution is -2.09. The number of hydrogen-bond donors (Lipinski definition) is 1. The standard InChI is InChI=1S/C11H13Cl2NO2/c1-2-3-4-10(15)16-9-6-7(12)5-8(13)11(9)14/h5-6H,2-4,14H2,1H3. The lowest BCUT2D eigenvalue weighted by atomic mass is 10.2. The zero-order chi connectivity index (χ0) is 12.1. The number of benzene rings is 1. The monoisotopic (exact) mass is 261 g/mol. The van der Waals surface area contributed by atoms with Crippen molar-refractivity contribution in [2.24, 2.45) is 0 Å². The molecule has 0 fully saturated rings. The number of rotatable bonds is 4. The first-order valence-corrected chi connectivity index (χ1v) is 5.75. The van der Waals surface area contributed by atoms with Crippen LogP contribution in [0.1, 0.15) is 26.2 Å². The summed E-state index contributed by atoms with van der Waals surface area (Å²) in [4.78, 5) is 11.4. The summed E-state index contributed by atoms with van der Waals surface area (Å²) in [6, 6.07) is 2.98. The Hall–Kier alpha value is -0.930. The van der Waals surface area contributed by atoms with Crippen molar-refractivity contribution in [2.75, 3.05) is 5.73 Å². The van der Waals surface area contributed by atoms with Gasteiger partial charge in [-0.25, -0.2) is 0 Å². The van der Waals surface area contributed by atoms with Gasteiger partial charge in [0.25, 0.3) is 0 Å². The van der Waals surface area contributed by atoms with Crippen molar-refractivity contribution < 1.29 is 9.53 Å². The Morgan fingerprint density at radius 1 is 1.44 bits per heavy atom. The van der Waals surface area contributed by atoms with Crippen molar-refractivity contribution in [1.29, 1.82) is 0 Å². The van der Waals surface area contributed by atoms with Crippen molar-refractivity contribution in [3.05, 3.63) is 22.2 Å². The topological polar surface area (TPSA) is 52.3 Å². The van der Waals surface area contributed by atoms with Gasteiger partial charge in [-0.1, -0.05) is 36.5 Å². The van der Waals surface area contributed by atoms with Gasteiger partial charge in [0.2, 0.25) is 0 Å². The summed E-state index contributed by atoms with van der Waals surface area (Å²) in [6.07, 6.45) is 2.08. The number of carbonyl (C=O) groups excluding carboxylic acids is 1. The Labute approximate surface area is 104 Å². The molecule has 0 unspecified atom stereocenters. The maximum Gasteiger partial charge on any atom is 0.311 e. The number of anilines is 1. The SMILES string of the molecule is CCCCC(=O)Oc1cc(Cl)cc(Cl)c1N. The van der Waals surface area contributed by atoms with E-state index in [0.29, 0.717) is 11.4 Å². The summed E-state index contributed by atoms with van der Waals surface area (Å²) in [7, 11) is 0. The molecule has 0 saturated carbocycles. The molecule has 88 valence electrons. The van der Waals surface area contributed by atoms with E-state index in [2.05, 4.69) is 0 Å². The van der Waals surface area contributed by atoms with Crippen molar-refractivity contribution in [2.45, 2.75) is 26.2 Å². The molecular weight excluding hydrogens is 249 g/mol. The van der Waals surface area contributed by atoms with Crippen molar-refractivity contribution in [1.82, 2.24) is 0 Å². The van der Waals surface area contributed by atoms with Gasteiger partial charge >= 0.3 is 5.97 Å². The lowest BCUT2D eigenvalue weighted by Gasteiger charge is -2.08. The Morgan fingerprint density at radius 3 is 2.75 bits per heavy atom. The zero-order valence-electron chi connectivity index (χ0n) is 8.93. The number of nitrogens with two attached hydrogens (primary N) is 1. The third-order valence-electron chi connectivity index (χ3n) is 2.01. The minimum atomic E-state index is -0.327. The zero-order valence-corrected chi connectivity index (χ0v) is 10.4. The predicted molar refractivity (Wildman–Crippen MR) is 66.0 cm³/mol. The van der Waals surface area contributed by atoms with E-state index in [1.165, 1.54) is 12.1 Å². The first-order valence-electron chi connectivity index (χ1n) is 4.99. The first kappa shape index (κ1) is 13.1. The molecule has 3 nitrogen and oxygen atoms in total. The molecule has 2 N–H and O–H groups in total. The quantitative estimate of drug-likeness (QED) is 0.511. The van der Waals surface area contributed by atoms with E-state index in [9.17, 15) is 4.79 Å². The Morgan fingerprint density at radius 2 is 2.12 bits per heavy atom. The maximum atomic E-state index is 11.4. The number of esters is 1. The highest BCUT2D eigenvalue weighted by Crippen LogP contribution is 2.33. The van der Waals surface area contributed by atoms with Crippen LogP contribution in [0.4, 0.5) is 5.69 Å². The van der Waals surface area contributed by atoms with Crippen LogP contribution in [0.5, 0.6) is 5.75 Å². The third kappa shape index (κ3) is 3.58. The van der Waals surface area contributed by atoms with Gasteiger partial charge in [-0.3, -0.25) is 4.79 Å². The molecule has 16 heavy (non-hydrogen) atoms. The fraction of sp³-hybridized carbons (Fsp3) is 0.364. The number of halogens is 2. The second kappa shape index (κ2) is 5.97. The van der Waals surface area contributed by atoms with Crippen LogP contribution < -0.4 is 10.5 Å². The molecule has 1 aromatic rings. The normalized spacial score (nSPS) is 10.2. The second-order valence-electron chi connectivity index (χ2n) is 3.38. The highest BCUT2D eigenvalue weighted by atomic mass is 35.5. The molecule has 0 aliphatic rings. The smallest absolute Gasteiger partial charge is 0.311 e. The Kier molecular flexibility index (Phi) is 4.90. The van der Waals surface area contributed by atoms with Crippen LogP contribution in [0.25, 0.3) is 0 Å². The third-order valence-corrected chi connectivity index (χ3v) is 2.55. The molecular formula is C11H13Cl2NO2. The van der Waals surface area contributed by atoms with Gasteiger partial charge < -0.3 is 10.5 Å². The van der Waals surface area contributed by atoms with E-state index in [1.807, 2.05) is 6.92 Å². The lowest BCUT2D eigenvalue weighted by molar-refractivity contribution is -0.134. The fourth-order valence-corrected chi connectivity index (χ4v) is 1.62. The van der Waals surface area contributed by atoms with Gasteiger partial charge in [0.05, 0.1) is 10.7 Å². The van der Waals surface area contributed by atoms with Gasteiger partial charge in [-0.05, 0) is 12.5 Å². The predicted octanol–water partition coefficient (Wildman–Crippen LogP) is 3.67. The number of nitrogen functional groups attached to an aromatic ring is 1. The fourth-order valence-electron chi connectivity index (χ4n) is 1.14. The summed E-state index contributed by atoms with van der Waals surface area (Å²) in [5, 5.41) is 0.670. The molecule has 0 aromatic heterocycles. The van der Waals surface area contributed by atoms with E-state index in [4.69, 9.17) is 33.7 Å². The van der Waals surface area contributed by atoms with Crippen LogP contribution in [0.15, 0.2) is 12.1 Å². The molecule has 5 heteroatoms. The van der Waals surface area contributed by atoms with Gasteiger partial charge in [0.15, 0.2) is 5.75 Å². The largest absolute Gasteiger partial charge is 0.424 e. The highest BCUT2D eigenvalue weighted by molar-refractivity contribution is 6.36. The van der Waals surface area contributed by atoms with Crippen molar-refractivity contribution in [3.63, 3.8) is 0 Å². The van der Waals surface area contributed by atoms with E-state index < -0.39 is 0 Å². The molecule has 0 aliphatic heterocycles. The molecule has 0 bridgehead atoms. The molecule has 0 heterocycles. The number of ether oxygens (including phenoxy) is 1. The highest BCUT2D eigenvalue weighted by Gasteiger charge is 2.11. The van der Waals surface area contributed by atoms with Gasteiger partial charge in [0, 0.05) is 17.5 Å². The molecule has 0 saturated heterocycles. The summed E-state index contributed by atoms with van der Waals surface area (Å²) < 4.78 is 5.08. The van der Waals surface area contributed by atoms with Crippen LogP contribution in [0, 0.1) is 0 Å². The summed E-state index contributed by atoms with van der Waals surface area (Å²) in [6.45, 7) is 2.00. The maximum absolute atomic E-state index is 11.4. The second-order valence-corrected chi connectivity index (χ2v) is 4.22. The van der Waals surface area contributed by atoms with E-state index in [0.717, 1.165) is 12.8 Å². The minimum Gasteiger partial charge on any atom is -0.424 e. The molecule has 0 amide bonds. The Balaban J connectivity index is 2.77. The molecule has 0 radical (unpaired) electrons. The Bertz CT molecular complexity index is 394. The van der Waals surface area contributed by atoms with Gasteiger partial charge in [-0.2, -0.15) is 0 Å². The average molecular weight is 262 g/mol. The number of carbonyl (C=O) groups is 1. The summed E-state index contributed by atoms with van der Waals surface area (Å²) >= 11 is 11.6. The minimum absolute atomic E-state index is 0.221. The van der Waals surface area contributed by atoms with Gasteiger partial charge in [-0.15, -0.1) is 0 Å². The van der Waals surface area contributed by atoms with E-state index >= 15 is 0 Å². The molecule has 0 spiro atoms. The van der Waals surface area contributed by atoms with Gasteiger partial charge in [0.1, 0.15) is 0 Å². The summed E-state index contributed by atoms with van der Waals surface area (Å²) in [5.74, 6) is -0.106. The molecule has 0 aliphatic carbocycles. The average Bonchev–Trinajstić information content (AvgIpc) is 2.22. The van der Waals surface area contributed by atoms with Crippen LogP contribution in [0.3, 0.4) is 0 Å². The van der Waals surface area contributed by atoms with E-state index in [-0.39, 0.29) is 22.4 Å². The van der Waals surface area contributed by atoms with E-state index in [1.54, 1.807) is 0 Å². The van der Waals surface area contributed by atoms with Crippen molar-refractivity contribution in [3.8, 4) is 5.75 Å². The van der Waals surface area contributed by atoms with Crippen LogP contribution in [0.2, 0.25) is 10.0 Å². The first-order chi connectivity index (χ1) is 7.54. The van der Waals surface area contributed by atoms with Crippen LogP contribution in [-0.4, -0.2) is 5.97 Å². The molecule has 1 aromatic carbocycles. The van der Waals surface area contributed by atoms with Crippen molar-refractivity contribution >= 4 is 34.9 Å². The molecule has 1 rings (SSSR count). The number of hydrogen-bond acceptors (Lipinski definition) is 3. The van der Waals surface area contributed by atoms with Crippen LogP contribution in [-0.2, 0) is 4.79 Å². The summed E-state index contributed by atoms with van der Waals surface area (Å²) in [5.41, 5.74) is 5.89. The number of unbranched alkanes of at least 4 members (excludes halogenated alkanes) is 1. The molecule has 0 atom stereocenters.